The molecule has 0 radical (unpaired) electrons. The van der Waals surface area contributed by atoms with Crippen LogP contribution >= 0.6 is 0 Å². The van der Waals surface area contributed by atoms with Crippen molar-refractivity contribution in [3.8, 4) is 0 Å². The summed E-state index contributed by atoms with van der Waals surface area (Å²) in [5, 5.41) is 7.86. The molecule has 9 heteroatoms. The molecular weight excluding hydrogens is 425 g/mol. The first kappa shape index (κ1) is 23.6. The van der Waals surface area contributed by atoms with Crippen molar-refractivity contribution in [2.45, 2.75) is 51.3 Å². The molecule has 0 unspecified atom stereocenters. The standard InChI is InChI=1S/C23H25F3N2O4/c1-14(16-6-4-7-17(12-16)23(24,25)26)27-32-13-20-18(15-10-11-15)8-5-9-19(20)21(28-31-3)22(29)30-2/h5-6,8-9,12,15H,4,7,10-11,13H2,1-3H3/b27-14+,28-21+. The zero-order chi connectivity index (χ0) is 23.3. The topological polar surface area (TPSA) is 69.5 Å². The Bertz CT molecular complexity index is 989. The van der Waals surface area contributed by atoms with E-state index in [0.717, 1.165) is 30.0 Å². The average Bonchev–Trinajstić information content (AvgIpc) is 3.62. The lowest BCUT2D eigenvalue weighted by Gasteiger charge is -2.17. The number of esters is 1. The fourth-order valence-corrected chi connectivity index (χ4v) is 3.57. The number of hydrogen-bond acceptors (Lipinski definition) is 6. The van der Waals surface area contributed by atoms with Gasteiger partial charge in [0.15, 0.2) is 5.71 Å². The molecule has 2 aliphatic carbocycles. The van der Waals surface area contributed by atoms with Crippen LogP contribution in [0, 0.1) is 0 Å². The lowest BCUT2D eigenvalue weighted by atomic mass is 9.95. The van der Waals surface area contributed by atoms with E-state index in [1.807, 2.05) is 12.1 Å². The fourth-order valence-electron chi connectivity index (χ4n) is 3.57. The minimum Gasteiger partial charge on any atom is -0.464 e. The molecule has 6 nitrogen and oxygen atoms in total. The third-order valence-corrected chi connectivity index (χ3v) is 5.35. The van der Waals surface area contributed by atoms with E-state index in [4.69, 9.17) is 14.4 Å². The summed E-state index contributed by atoms with van der Waals surface area (Å²) in [5.41, 5.74) is 2.39. The number of alkyl halides is 3. The summed E-state index contributed by atoms with van der Waals surface area (Å²) in [6, 6.07) is 5.50. The van der Waals surface area contributed by atoms with Crippen molar-refractivity contribution in [2.24, 2.45) is 10.3 Å². The number of hydrogen-bond donors (Lipinski definition) is 0. The number of halogens is 3. The number of allylic oxidation sites excluding steroid dienone is 4. The first-order valence-electron chi connectivity index (χ1n) is 10.2. The van der Waals surface area contributed by atoms with Gasteiger partial charge < -0.3 is 14.4 Å². The maximum absolute atomic E-state index is 13.0. The summed E-state index contributed by atoms with van der Waals surface area (Å²) < 4.78 is 43.9. The Morgan fingerprint density at radius 1 is 1.19 bits per heavy atom. The van der Waals surface area contributed by atoms with Crippen molar-refractivity contribution < 1.29 is 32.4 Å². The fraction of sp³-hybridized carbons (Fsp3) is 0.435. The highest BCUT2D eigenvalue weighted by molar-refractivity contribution is 6.43. The number of carbonyl (C=O) groups excluding carboxylic acids is 1. The molecule has 1 aromatic carbocycles. The van der Waals surface area contributed by atoms with Gasteiger partial charge in [0.05, 0.1) is 12.8 Å². The van der Waals surface area contributed by atoms with E-state index >= 15 is 0 Å². The van der Waals surface area contributed by atoms with Gasteiger partial charge in [-0.15, -0.1) is 0 Å². The summed E-state index contributed by atoms with van der Waals surface area (Å²) in [4.78, 5) is 22.6. The van der Waals surface area contributed by atoms with Crippen molar-refractivity contribution in [2.75, 3.05) is 14.2 Å². The minimum atomic E-state index is -4.36. The van der Waals surface area contributed by atoms with Gasteiger partial charge in [0.1, 0.15) is 13.7 Å². The Balaban J connectivity index is 1.86. The van der Waals surface area contributed by atoms with Crippen LogP contribution in [0.15, 0.2) is 51.8 Å². The Morgan fingerprint density at radius 2 is 1.94 bits per heavy atom. The Hall–Kier alpha value is -3.10. The smallest absolute Gasteiger partial charge is 0.412 e. The van der Waals surface area contributed by atoms with Crippen LogP contribution in [0.5, 0.6) is 0 Å². The van der Waals surface area contributed by atoms with Crippen LogP contribution in [0.2, 0.25) is 0 Å². The van der Waals surface area contributed by atoms with E-state index in [2.05, 4.69) is 10.3 Å². The van der Waals surface area contributed by atoms with Crippen molar-refractivity contribution >= 4 is 17.4 Å². The molecule has 2 aliphatic rings. The third kappa shape index (κ3) is 5.57. The SMILES string of the molecule is CO/N=C(/C(=O)OC)c1cccc(C2CC2)c1CO/N=C(\C)C1=CCCC(C(F)(F)F)=C1. The molecule has 1 fully saturated rings. The van der Waals surface area contributed by atoms with Crippen LogP contribution in [-0.2, 0) is 25.8 Å². The number of methoxy groups -OCH3 is 1. The molecule has 0 aliphatic heterocycles. The molecule has 0 amide bonds. The number of carbonyl (C=O) groups is 1. The van der Waals surface area contributed by atoms with Gasteiger partial charge >= 0.3 is 12.1 Å². The van der Waals surface area contributed by atoms with Crippen LogP contribution < -0.4 is 0 Å². The minimum absolute atomic E-state index is 0.00421. The maximum Gasteiger partial charge on any atom is 0.412 e. The second-order valence-corrected chi connectivity index (χ2v) is 7.58. The van der Waals surface area contributed by atoms with Gasteiger partial charge in [-0.1, -0.05) is 34.6 Å². The number of nitrogens with zero attached hydrogens (tertiary/aromatic N) is 2. The quantitative estimate of drug-likeness (QED) is 0.311. The molecule has 172 valence electrons. The monoisotopic (exact) mass is 450 g/mol. The largest absolute Gasteiger partial charge is 0.464 e. The number of rotatable bonds is 8. The van der Waals surface area contributed by atoms with Crippen LogP contribution in [0.3, 0.4) is 0 Å². The lowest BCUT2D eigenvalue weighted by Crippen LogP contribution is -2.20. The molecule has 32 heavy (non-hydrogen) atoms. The molecule has 0 aromatic heterocycles. The summed E-state index contributed by atoms with van der Waals surface area (Å²) in [7, 11) is 2.58. The molecule has 0 N–H and O–H groups in total. The summed E-state index contributed by atoms with van der Waals surface area (Å²) in [6.45, 7) is 1.61. The number of oxime groups is 2. The van der Waals surface area contributed by atoms with Crippen molar-refractivity contribution in [1.82, 2.24) is 0 Å². The van der Waals surface area contributed by atoms with E-state index < -0.39 is 17.7 Å². The number of ether oxygens (including phenoxy) is 1. The Morgan fingerprint density at radius 3 is 2.56 bits per heavy atom. The summed E-state index contributed by atoms with van der Waals surface area (Å²) >= 11 is 0. The van der Waals surface area contributed by atoms with Crippen LogP contribution in [-0.4, -0.2) is 37.8 Å². The summed E-state index contributed by atoms with van der Waals surface area (Å²) in [6.07, 6.45) is 0.741. The van der Waals surface area contributed by atoms with Gasteiger partial charge in [-0.2, -0.15) is 13.2 Å². The normalized spacial score (nSPS) is 17.4. The summed E-state index contributed by atoms with van der Waals surface area (Å²) in [5.74, 6) is -0.309. The van der Waals surface area contributed by atoms with Gasteiger partial charge in [-0.25, -0.2) is 4.79 Å². The van der Waals surface area contributed by atoms with E-state index in [0.29, 0.717) is 22.8 Å². The lowest BCUT2D eigenvalue weighted by molar-refractivity contribution is -0.132. The molecule has 0 atom stereocenters. The van der Waals surface area contributed by atoms with Crippen LogP contribution in [0.25, 0.3) is 0 Å². The molecule has 0 spiro atoms. The van der Waals surface area contributed by atoms with Gasteiger partial charge in [0.25, 0.3) is 0 Å². The van der Waals surface area contributed by atoms with Gasteiger partial charge in [-0.05, 0) is 55.7 Å². The van der Waals surface area contributed by atoms with Crippen molar-refractivity contribution in [1.29, 1.82) is 0 Å². The molecule has 0 heterocycles. The molecule has 1 aromatic rings. The molecule has 3 rings (SSSR count). The molecule has 0 bridgehead atoms. The molecule has 0 saturated heterocycles. The predicted octanol–water partition coefficient (Wildman–Crippen LogP) is 5.19. The molecular formula is C23H25F3N2O4. The second kappa shape index (κ2) is 10.0. The van der Waals surface area contributed by atoms with Gasteiger partial charge in [0.2, 0.25) is 0 Å². The average molecular weight is 450 g/mol. The predicted molar refractivity (Wildman–Crippen MR) is 113 cm³/mol. The highest BCUT2D eigenvalue weighted by Gasteiger charge is 2.34. The van der Waals surface area contributed by atoms with Gasteiger partial charge in [-0.3, -0.25) is 0 Å². The van der Waals surface area contributed by atoms with Crippen LogP contribution in [0.1, 0.15) is 55.2 Å². The zero-order valence-electron chi connectivity index (χ0n) is 18.2. The van der Waals surface area contributed by atoms with Crippen molar-refractivity contribution in [3.05, 3.63) is 58.2 Å². The van der Waals surface area contributed by atoms with E-state index in [1.165, 1.54) is 14.2 Å². The molecule has 1 saturated carbocycles. The third-order valence-electron chi connectivity index (χ3n) is 5.35. The van der Waals surface area contributed by atoms with Crippen LogP contribution in [0.4, 0.5) is 13.2 Å². The number of benzene rings is 1. The maximum atomic E-state index is 13.0. The van der Waals surface area contributed by atoms with Crippen molar-refractivity contribution in [3.63, 3.8) is 0 Å². The van der Waals surface area contributed by atoms with E-state index in [1.54, 1.807) is 19.1 Å². The zero-order valence-corrected chi connectivity index (χ0v) is 18.2. The van der Waals surface area contributed by atoms with E-state index in [-0.39, 0.29) is 25.2 Å². The Labute approximate surface area is 184 Å². The van der Waals surface area contributed by atoms with Gasteiger partial charge in [0, 0.05) is 16.7 Å². The highest BCUT2D eigenvalue weighted by Crippen LogP contribution is 2.42. The highest BCUT2D eigenvalue weighted by atomic mass is 19.4. The first-order chi connectivity index (χ1) is 15.3. The van der Waals surface area contributed by atoms with E-state index in [9.17, 15) is 18.0 Å². The second-order valence-electron chi connectivity index (χ2n) is 7.58. The first-order valence-corrected chi connectivity index (χ1v) is 10.2. The Kier molecular flexibility index (Phi) is 7.37.